The van der Waals surface area contributed by atoms with Crippen molar-refractivity contribution in [1.29, 1.82) is 0 Å². The molecule has 0 bridgehead atoms. The van der Waals surface area contributed by atoms with Crippen LogP contribution in [0.4, 0.5) is 10.5 Å². The van der Waals surface area contributed by atoms with E-state index in [1.165, 1.54) is 0 Å². The molecule has 0 unspecified atom stereocenters. The number of rotatable bonds is 3. The Morgan fingerprint density at radius 3 is 3.04 bits per heavy atom. The van der Waals surface area contributed by atoms with Crippen LogP contribution in [0.2, 0.25) is 0 Å². The molecule has 1 aromatic heterocycles. The quantitative estimate of drug-likeness (QED) is 0.743. The number of benzene rings is 2. The van der Waals surface area contributed by atoms with Gasteiger partial charge in [0.15, 0.2) is 5.58 Å². The van der Waals surface area contributed by atoms with Gasteiger partial charge in [0, 0.05) is 37.0 Å². The third kappa shape index (κ3) is 3.79. The third-order valence-corrected chi connectivity index (χ3v) is 4.59. The second kappa shape index (κ2) is 7.38. The van der Waals surface area contributed by atoms with Crippen LogP contribution in [0.1, 0.15) is 5.56 Å². The third-order valence-electron chi connectivity index (χ3n) is 4.59. The number of ether oxygens (including phenoxy) is 1. The summed E-state index contributed by atoms with van der Waals surface area (Å²) >= 11 is 0. The first kappa shape index (κ1) is 17.5. The standard InChI is InChI=1S/C20H22N4O3/c1-13-3-2-4-14(9-13)19-23-17-6-5-15(10-18(17)27-19)22-20(25)24-7-8-26-16(11-21)12-24/h2-6,9-10,16H,7-8,11-12,21H2,1H3,(H,22,25)/t16-/m0/s1. The molecule has 0 spiro atoms. The molecule has 27 heavy (non-hydrogen) atoms. The van der Waals surface area contributed by atoms with Crippen molar-refractivity contribution in [1.82, 2.24) is 9.88 Å². The van der Waals surface area contributed by atoms with Gasteiger partial charge in [-0.3, -0.25) is 0 Å². The Morgan fingerprint density at radius 1 is 1.33 bits per heavy atom. The summed E-state index contributed by atoms with van der Waals surface area (Å²) in [6, 6.07) is 13.3. The number of nitrogens with two attached hydrogens (primary N) is 1. The van der Waals surface area contributed by atoms with Crippen LogP contribution in [0.3, 0.4) is 0 Å². The number of carbonyl (C=O) groups excluding carboxylic acids is 1. The highest BCUT2D eigenvalue weighted by Crippen LogP contribution is 2.27. The zero-order valence-corrected chi connectivity index (χ0v) is 15.1. The van der Waals surface area contributed by atoms with Gasteiger partial charge in [0.1, 0.15) is 5.52 Å². The Labute approximate surface area is 157 Å². The molecule has 0 radical (unpaired) electrons. The number of amides is 2. The van der Waals surface area contributed by atoms with E-state index < -0.39 is 0 Å². The molecule has 4 rings (SSSR count). The maximum Gasteiger partial charge on any atom is 0.322 e. The van der Waals surface area contributed by atoms with Crippen LogP contribution < -0.4 is 11.1 Å². The predicted octanol–water partition coefficient (Wildman–Crippen LogP) is 2.99. The number of aryl methyl sites for hydroxylation is 1. The molecule has 0 saturated carbocycles. The van der Waals surface area contributed by atoms with Gasteiger partial charge >= 0.3 is 6.03 Å². The number of carbonyl (C=O) groups is 1. The number of nitrogens with zero attached hydrogens (tertiary/aromatic N) is 2. The first-order valence-electron chi connectivity index (χ1n) is 8.97. The van der Waals surface area contributed by atoms with Crippen LogP contribution in [0.5, 0.6) is 0 Å². The summed E-state index contributed by atoms with van der Waals surface area (Å²) < 4.78 is 11.4. The average molecular weight is 366 g/mol. The number of oxazole rings is 1. The fourth-order valence-corrected chi connectivity index (χ4v) is 3.15. The van der Waals surface area contributed by atoms with E-state index in [2.05, 4.69) is 10.3 Å². The summed E-state index contributed by atoms with van der Waals surface area (Å²) in [6.45, 7) is 3.96. The van der Waals surface area contributed by atoms with Crippen LogP contribution in [-0.4, -0.2) is 48.3 Å². The molecule has 1 fully saturated rings. The van der Waals surface area contributed by atoms with Crippen molar-refractivity contribution in [2.24, 2.45) is 5.73 Å². The lowest BCUT2D eigenvalue weighted by Gasteiger charge is -2.32. The molecule has 7 heteroatoms. The van der Waals surface area contributed by atoms with Crippen molar-refractivity contribution in [3.63, 3.8) is 0 Å². The lowest BCUT2D eigenvalue weighted by Crippen LogP contribution is -2.49. The highest BCUT2D eigenvalue weighted by molar-refractivity contribution is 5.92. The van der Waals surface area contributed by atoms with Crippen molar-refractivity contribution in [3.8, 4) is 11.5 Å². The van der Waals surface area contributed by atoms with Crippen molar-refractivity contribution < 1.29 is 13.9 Å². The highest BCUT2D eigenvalue weighted by Gasteiger charge is 2.23. The number of morpholine rings is 1. The number of hydrogen-bond donors (Lipinski definition) is 2. The van der Waals surface area contributed by atoms with Gasteiger partial charge in [0.2, 0.25) is 5.89 Å². The van der Waals surface area contributed by atoms with Crippen LogP contribution in [-0.2, 0) is 4.74 Å². The SMILES string of the molecule is Cc1cccc(-c2nc3ccc(NC(=O)N4CCO[C@@H](CN)C4)cc3o2)c1. The predicted molar refractivity (Wildman–Crippen MR) is 104 cm³/mol. The van der Waals surface area contributed by atoms with Gasteiger partial charge in [-0.2, -0.15) is 0 Å². The normalized spacial score (nSPS) is 17.3. The fraction of sp³-hybridized carbons (Fsp3) is 0.300. The largest absolute Gasteiger partial charge is 0.436 e. The molecule has 2 heterocycles. The van der Waals surface area contributed by atoms with Gasteiger partial charge in [-0.15, -0.1) is 0 Å². The number of nitrogens with one attached hydrogen (secondary N) is 1. The van der Waals surface area contributed by atoms with Crippen molar-refractivity contribution in [3.05, 3.63) is 48.0 Å². The summed E-state index contributed by atoms with van der Waals surface area (Å²) in [4.78, 5) is 18.7. The first-order valence-corrected chi connectivity index (χ1v) is 8.97. The molecule has 7 nitrogen and oxygen atoms in total. The molecule has 3 N–H and O–H groups in total. The Hall–Kier alpha value is -2.90. The first-order chi connectivity index (χ1) is 13.1. The monoisotopic (exact) mass is 366 g/mol. The molecular weight excluding hydrogens is 344 g/mol. The number of urea groups is 1. The zero-order valence-electron chi connectivity index (χ0n) is 15.1. The number of fused-ring (bicyclic) bond motifs is 1. The zero-order chi connectivity index (χ0) is 18.8. The number of aromatic nitrogens is 1. The Bertz CT molecular complexity index is 969. The van der Waals surface area contributed by atoms with Gasteiger partial charge in [-0.1, -0.05) is 17.7 Å². The lowest BCUT2D eigenvalue weighted by molar-refractivity contribution is -0.00660. The smallest absolute Gasteiger partial charge is 0.322 e. The molecule has 0 aliphatic carbocycles. The van der Waals surface area contributed by atoms with Crippen molar-refractivity contribution in [2.45, 2.75) is 13.0 Å². The Morgan fingerprint density at radius 2 is 2.22 bits per heavy atom. The minimum Gasteiger partial charge on any atom is -0.436 e. The van der Waals surface area contributed by atoms with Crippen molar-refractivity contribution >= 4 is 22.8 Å². The molecule has 1 aliphatic rings. The van der Waals surface area contributed by atoms with Gasteiger partial charge in [0.25, 0.3) is 0 Å². The molecule has 1 atom stereocenters. The van der Waals surface area contributed by atoms with E-state index in [9.17, 15) is 4.79 Å². The Balaban J connectivity index is 1.52. The summed E-state index contributed by atoms with van der Waals surface area (Å²) in [5, 5.41) is 2.91. The summed E-state index contributed by atoms with van der Waals surface area (Å²) in [5.41, 5.74) is 9.75. The second-order valence-electron chi connectivity index (χ2n) is 6.68. The van der Waals surface area contributed by atoms with Gasteiger partial charge < -0.3 is 25.1 Å². The van der Waals surface area contributed by atoms with E-state index in [-0.39, 0.29) is 12.1 Å². The molecule has 1 aliphatic heterocycles. The van der Waals surface area contributed by atoms with Crippen LogP contribution in [0.15, 0.2) is 46.9 Å². The Kier molecular flexibility index (Phi) is 4.79. The number of anilines is 1. The number of hydrogen-bond acceptors (Lipinski definition) is 5. The van der Waals surface area contributed by atoms with Gasteiger partial charge in [-0.05, 0) is 31.2 Å². The van der Waals surface area contributed by atoms with Gasteiger partial charge in [0.05, 0.1) is 12.7 Å². The average Bonchev–Trinajstić information content (AvgIpc) is 3.11. The molecule has 2 amide bonds. The topological polar surface area (TPSA) is 93.6 Å². The van der Waals surface area contributed by atoms with Crippen molar-refractivity contribution in [2.75, 3.05) is 31.6 Å². The minimum absolute atomic E-state index is 0.113. The van der Waals surface area contributed by atoms with E-state index in [0.717, 1.165) is 16.6 Å². The molecule has 2 aromatic carbocycles. The maximum absolute atomic E-state index is 12.5. The lowest BCUT2D eigenvalue weighted by atomic mass is 10.1. The van der Waals surface area contributed by atoms with E-state index in [4.69, 9.17) is 14.9 Å². The minimum atomic E-state index is -0.172. The molecular formula is C20H22N4O3. The fourth-order valence-electron chi connectivity index (χ4n) is 3.15. The molecule has 3 aromatic rings. The maximum atomic E-state index is 12.5. The summed E-state index contributed by atoms with van der Waals surface area (Å²) in [5.74, 6) is 0.566. The van der Waals surface area contributed by atoms with E-state index >= 15 is 0 Å². The molecule has 140 valence electrons. The van der Waals surface area contributed by atoms with Crippen LogP contribution in [0.25, 0.3) is 22.6 Å². The van der Waals surface area contributed by atoms with Gasteiger partial charge in [-0.25, -0.2) is 9.78 Å². The molecule has 1 saturated heterocycles. The summed E-state index contributed by atoms with van der Waals surface area (Å²) in [7, 11) is 0. The van der Waals surface area contributed by atoms with E-state index in [1.807, 2.05) is 43.3 Å². The highest BCUT2D eigenvalue weighted by atomic mass is 16.5. The second-order valence-corrected chi connectivity index (χ2v) is 6.68. The van der Waals surface area contributed by atoms with Crippen LogP contribution in [0, 0.1) is 6.92 Å². The summed E-state index contributed by atoms with van der Waals surface area (Å²) in [6.07, 6.45) is -0.113. The van der Waals surface area contributed by atoms with Crippen LogP contribution >= 0.6 is 0 Å². The van der Waals surface area contributed by atoms with E-state index in [0.29, 0.717) is 43.4 Å². The van der Waals surface area contributed by atoms with E-state index in [1.54, 1.807) is 11.0 Å².